The number of aromatic nitrogens is 3. The molecule has 1 aliphatic heterocycles. The fourth-order valence-corrected chi connectivity index (χ4v) is 4.27. The maximum Gasteiger partial charge on any atom is 0.254 e. The van der Waals surface area contributed by atoms with Crippen molar-refractivity contribution in [2.75, 3.05) is 13.1 Å². The first-order chi connectivity index (χ1) is 12.7. The van der Waals surface area contributed by atoms with Gasteiger partial charge in [0.05, 0.1) is 17.8 Å². The highest BCUT2D eigenvalue weighted by Crippen LogP contribution is 2.28. The van der Waals surface area contributed by atoms with Gasteiger partial charge in [-0.15, -0.1) is 11.3 Å². The molecule has 0 aromatic carbocycles. The second kappa shape index (κ2) is 7.41. The Bertz CT molecular complexity index is 886. The number of hydrogen-bond acceptors (Lipinski definition) is 4. The predicted molar refractivity (Wildman–Crippen MR) is 103 cm³/mol. The van der Waals surface area contributed by atoms with E-state index in [1.807, 2.05) is 60.1 Å². The standard InChI is InChI=1S/C20H22N4OS/c1-15-11-17(14-26-15)20(25)24-9-4-5-16(12-24)19-22-8-10-23(19)13-18-6-2-3-7-21-18/h2-3,6-8,10-11,14,16H,4-5,9,12-13H2,1H3. The molecule has 0 aliphatic carbocycles. The van der Waals surface area contributed by atoms with E-state index in [0.717, 1.165) is 43.0 Å². The van der Waals surface area contributed by atoms with Crippen molar-refractivity contribution in [1.82, 2.24) is 19.4 Å². The Morgan fingerprint density at radius 2 is 2.23 bits per heavy atom. The van der Waals surface area contributed by atoms with Crippen LogP contribution in [0.5, 0.6) is 0 Å². The third-order valence-electron chi connectivity index (χ3n) is 4.86. The minimum Gasteiger partial charge on any atom is -0.338 e. The number of carbonyl (C=O) groups excluding carboxylic acids is 1. The van der Waals surface area contributed by atoms with Crippen molar-refractivity contribution in [3.63, 3.8) is 0 Å². The number of carbonyl (C=O) groups is 1. The lowest BCUT2D eigenvalue weighted by Gasteiger charge is -2.32. The zero-order valence-electron chi connectivity index (χ0n) is 14.8. The number of thiophene rings is 1. The highest BCUT2D eigenvalue weighted by molar-refractivity contribution is 7.10. The molecule has 0 bridgehead atoms. The molecule has 1 fully saturated rings. The van der Waals surface area contributed by atoms with Crippen LogP contribution < -0.4 is 0 Å². The zero-order valence-corrected chi connectivity index (χ0v) is 15.7. The Morgan fingerprint density at radius 3 is 3.00 bits per heavy atom. The number of amides is 1. The molecule has 4 heterocycles. The van der Waals surface area contributed by atoms with Crippen molar-refractivity contribution in [2.24, 2.45) is 0 Å². The molecule has 1 atom stereocenters. The molecule has 134 valence electrons. The SMILES string of the molecule is Cc1cc(C(=O)N2CCCC(c3nccn3Cc3ccccn3)C2)cs1. The molecule has 4 rings (SSSR count). The fourth-order valence-electron chi connectivity index (χ4n) is 3.59. The molecule has 0 spiro atoms. The van der Waals surface area contributed by atoms with E-state index in [2.05, 4.69) is 14.5 Å². The molecule has 6 heteroatoms. The van der Waals surface area contributed by atoms with E-state index < -0.39 is 0 Å². The van der Waals surface area contributed by atoms with E-state index in [0.29, 0.717) is 6.54 Å². The second-order valence-corrected chi connectivity index (χ2v) is 7.89. The van der Waals surface area contributed by atoms with Gasteiger partial charge in [0.1, 0.15) is 5.82 Å². The monoisotopic (exact) mass is 366 g/mol. The molecule has 3 aromatic heterocycles. The van der Waals surface area contributed by atoms with E-state index in [1.54, 1.807) is 11.3 Å². The van der Waals surface area contributed by atoms with Crippen molar-refractivity contribution in [3.8, 4) is 0 Å². The molecular formula is C20H22N4OS. The van der Waals surface area contributed by atoms with Gasteiger partial charge >= 0.3 is 0 Å². The molecule has 26 heavy (non-hydrogen) atoms. The van der Waals surface area contributed by atoms with Gasteiger partial charge in [-0.3, -0.25) is 9.78 Å². The number of likely N-dealkylation sites (tertiary alicyclic amines) is 1. The van der Waals surface area contributed by atoms with Crippen LogP contribution in [0.4, 0.5) is 0 Å². The van der Waals surface area contributed by atoms with E-state index in [9.17, 15) is 4.79 Å². The number of aryl methyl sites for hydroxylation is 1. The van der Waals surface area contributed by atoms with Crippen LogP contribution in [0.2, 0.25) is 0 Å². The smallest absolute Gasteiger partial charge is 0.254 e. The Kier molecular flexibility index (Phi) is 4.84. The summed E-state index contributed by atoms with van der Waals surface area (Å²) in [7, 11) is 0. The van der Waals surface area contributed by atoms with Crippen molar-refractivity contribution in [3.05, 3.63) is 70.2 Å². The first kappa shape index (κ1) is 17.0. The van der Waals surface area contributed by atoms with Gasteiger partial charge in [-0.1, -0.05) is 6.07 Å². The van der Waals surface area contributed by atoms with E-state index in [1.165, 1.54) is 4.88 Å². The van der Waals surface area contributed by atoms with Crippen LogP contribution in [0.25, 0.3) is 0 Å². The van der Waals surface area contributed by atoms with Gasteiger partial charge in [0, 0.05) is 47.9 Å². The maximum atomic E-state index is 12.8. The topological polar surface area (TPSA) is 51.0 Å². The summed E-state index contributed by atoms with van der Waals surface area (Å²) in [6.45, 7) is 4.30. The van der Waals surface area contributed by atoms with Gasteiger partial charge in [-0.05, 0) is 38.0 Å². The van der Waals surface area contributed by atoms with Crippen LogP contribution in [-0.4, -0.2) is 38.4 Å². The van der Waals surface area contributed by atoms with Crippen LogP contribution in [-0.2, 0) is 6.54 Å². The Labute approximate surface area is 157 Å². The molecule has 0 radical (unpaired) electrons. The number of nitrogens with zero attached hydrogens (tertiary/aromatic N) is 4. The van der Waals surface area contributed by atoms with Gasteiger partial charge in [0.15, 0.2) is 0 Å². The van der Waals surface area contributed by atoms with E-state index >= 15 is 0 Å². The number of imidazole rings is 1. The van der Waals surface area contributed by atoms with Crippen molar-refractivity contribution >= 4 is 17.2 Å². The minimum atomic E-state index is 0.141. The Hall–Kier alpha value is -2.47. The maximum absolute atomic E-state index is 12.8. The fraction of sp³-hybridized carbons (Fsp3) is 0.350. The molecule has 3 aromatic rings. The molecule has 1 aliphatic rings. The van der Waals surface area contributed by atoms with E-state index in [-0.39, 0.29) is 11.8 Å². The summed E-state index contributed by atoms with van der Waals surface area (Å²) in [6, 6.07) is 7.94. The predicted octanol–water partition coefficient (Wildman–Crippen LogP) is 3.72. The van der Waals surface area contributed by atoms with Crippen LogP contribution >= 0.6 is 11.3 Å². The van der Waals surface area contributed by atoms with Crippen LogP contribution in [0.15, 0.2) is 48.2 Å². The van der Waals surface area contributed by atoms with Gasteiger partial charge in [0.25, 0.3) is 5.91 Å². The quantitative estimate of drug-likeness (QED) is 0.707. The molecule has 1 saturated heterocycles. The molecule has 1 unspecified atom stereocenters. The van der Waals surface area contributed by atoms with Crippen LogP contribution in [0.1, 0.15) is 45.5 Å². The normalized spacial score (nSPS) is 17.4. The van der Waals surface area contributed by atoms with Crippen LogP contribution in [0, 0.1) is 6.92 Å². The lowest BCUT2D eigenvalue weighted by Crippen LogP contribution is -2.39. The summed E-state index contributed by atoms with van der Waals surface area (Å²) in [5.41, 5.74) is 1.83. The summed E-state index contributed by atoms with van der Waals surface area (Å²) >= 11 is 1.63. The third-order valence-corrected chi connectivity index (χ3v) is 5.72. The Balaban J connectivity index is 1.50. The number of rotatable bonds is 4. The highest BCUT2D eigenvalue weighted by atomic mass is 32.1. The van der Waals surface area contributed by atoms with Crippen molar-refractivity contribution < 1.29 is 4.79 Å². The van der Waals surface area contributed by atoms with Gasteiger partial charge < -0.3 is 9.47 Å². The van der Waals surface area contributed by atoms with Crippen LogP contribution in [0.3, 0.4) is 0 Å². The largest absolute Gasteiger partial charge is 0.338 e. The zero-order chi connectivity index (χ0) is 17.9. The third kappa shape index (κ3) is 3.55. The number of pyridine rings is 1. The average molecular weight is 366 g/mol. The van der Waals surface area contributed by atoms with Gasteiger partial charge in [0.2, 0.25) is 0 Å². The average Bonchev–Trinajstić information content (AvgIpc) is 3.31. The van der Waals surface area contributed by atoms with E-state index in [4.69, 9.17) is 0 Å². The number of piperidine rings is 1. The highest BCUT2D eigenvalue weighted by Gasteiger charge is 2.28. The van der Waals surface area contributed by atoms with Crippen molar-refractivity contribution in [2.45, 2.75) is 32.2 Å². The first-order valence-electron chi connectivity index (χ1n) is 8.96. The molecule has 0 N–H and O–H groups in total. The Morgan fingerprint density at radius 1 is 1.31 bits per heavy atom. The number of hydrogen-bond donors (Lipinski definition) is 0. The summed E-state index contributed by atoms with van der Waals surface area (Å²) in [6.07, 6.45) is 7.74. The summed E-state index contributed by atoms with van der Waals surface area (Å²) in [5.74, 6) is 1.46. The summed E-state index contributed by atoms with van der Waals surface area (Å²) < 4.78 is 2.16. The molecular weight excluding hydrogens is 344 g/mol. The van der Waals surface area contributed by atoms with Gasteiger partial charge in [-0.25, -0.2) is 4.98 Å². The minimum absolute atomic E-state index is 0.141. The lowest BCUT2D eigenvalue weighted by molar-refractivity contribution is 0.0704. The summed E-state index contributed by atoms with van der Waals surface area (Å²) in [5, 5.41) is 1.96. The first-order valence-corrected chi connectivity index (χ1v) is 9.84. The summed E-state index contributed by atoms with van der Waals surface area (Å²) in [4.78, 5) is 25.0. The molecule has 5 nitrogen and oxygen atoms in total. The molecule has 1 amide bonds. The molecule has 0 saturated carbocycles. The lowest BCUT2D eigenvalue weighted by atomic mass is 9.96. The van der Waals surface area contributed by atoms with Crippen molar-refractivity contribution in [1.29, 1.82) is 0 Å². The second-order valence-electron chi connectivity index (χ2n) is 6.77. The van der Waals surface area contributed by atoms with Gasteiger partial charge in [-0.2, -0.15) is 0 Å².